The monoisotopic (exact) mass is 474 g/mol. The lowest BCUT2D eigenvalue weighted by atomic mass is 10.0. The third-order valence-corrected chi connectivity index (χ3v) is 5.78. The maximum absolute atomic E-state index is 12.3. The maximum atomic E-state index is 12.3. The van der Waals surface area contributed by atoms with Gasteiger partial charge in [0.05, 0.1) is 12.7 Å². The van der Waals surface area contributed by atoms with E-state index in [0.29, 0.717) is 31.6 Å². The molecular formula is C23H30N4O7. The van der Waals surface area contributed by atoms with E-state index in [1.807, 2.05) is 13.8 Å². The lowest BCUT2D eigenvalue weighted by Gasteiger charge is -2.21. The number of phenols is 1. The smallest absolute Gasteiger partial charge is 0.410 e. The van der Waals surface area contributed by atoms with Crippen LogP contribution in [0.25, 0.3) is 0 Å². The van der Waals surface area contributed by atoms with E-state index in [2.05, 4.69) is 15.5 Å². The highest BCUT2D eigenvalue weighted by Crippen LogP contribution is 2.36. The van der Waals surface area contributed by atoms with Crippen molar-refractivity contribution >= 4 is 24.1 Å². The predicted octanol–water partition coefficient (Wildman–Crippen LogP) is 3.07. The van der Waals surface area contributed by atoms with Crippen LogP contribution in [0.3, 0.4) is 0 Å². The molecule has 3 N–H and O–H groups in total. The number of hydrogen-bond acceptors (Lipinski definition) is 8. The Bertz CT molecular complexity index is 1020. The molecule has 0 unspecified atom stereocenters. The summed E-state index contributed by atoms with van der Waals surface area (Å²) in [6.07, 6.45) is 2.27. The van der Waals surface area contributed by atoms with E-state index < -0.39 is 12.5 Å². The summed E-state index contributed by atoms with van der Waals surface area (Å²) >= 11 is 0. The van der Waals surface area contributed by atoms with Crippen LogP contribution < -0.4 is 14.8 Å². The Labute approximate surface area is 197 Å². The van der Waals surface area contributed by atoms with Crippen LogP contribution in [-0.2, 0) is 9.53 Å². The van der Waals surface area contributed by atoms with Crippen molar-refractivity contribution in [3.63, 3.8) is 0 Å². The largest absolute Gasteiger partial charge is 0.507 e. The van der Waals surface area contributed by atoms with Crippen molar-refractivity contribution in [3.8, 4) is 17.2 Å². The first-order valence-electron chi connectivity index (χ1n) is 11.2. The van der Waals surface area contributed by atoms with Crippen LogP contribution in [0.4, 0.5) is 10.6 Å². The normalized spacial score (nSPS) is 17.1. The number of aromatic nitrogens is 2. The molecule has 0 aliphatic heterocycles. The van der Waals surface area contributed by atoms with Gasteiger partial charge < -0.3 is 29.5 Å². The van der Waals surface area contributed by atoms with E-state index >= 15 is 0 Å². The summed E-state index contributed by atoms with van der Waals surface area (Å²) in [4.78, 5) is 37.4. The standard InChI is InChI=1S/C23H30N4O7/c1-4-27(5-2)23(31)34-15-7-6-14(8-15)18-11-21(26-25-18)24-22(30)13-33-20-10-16(32-3)9-19(29)17(20)12-28/h9-12,14-15,29H,4-8,13H2,1-3H3,(H2,24,25,26,30)/t14-,15+/m0/s1. The molecule has 1 aliphatic carbocycles. The van der Waals surface area contributed by atoms with Gasteiger partial charge in [-0.15, -0.1) is 0 Å². The third-order valence-electron chi connectivity index (χ3n) is 5.78. The minimum Gasteiger partial charge on any atom is -0.507 e. The number of aromatic amines is 1. The van der Waals surface area contributed by atoms with Gasteiger partial charge >= 0.3 is 6.09 Å². The summed E-state index contributed by atoms with van der Waals surface area (Å²) < 4.78 is 16.1. The minimum atomic E-state index is -0.491. The predicted molar refractivity (Wildman–Crippen MR) is 123 cm³/mol. The van der Waals surface area contributed by atoms with E-state index in [9.17, 15) is 19.5 Å². The Balaban J connectivity index is 1.52. The average molecular weight is 475 g/mol. The number of rotatable bonds is 10. The second-order valence-electron chi connectivity index (χ2n) is 7.91. The van der Waals surface area contributed by atoms with Crippen LogP contribution in [-0.4, -0.2) is 71.4 Å². The fourth-order valence-electron chi connectivity index (χ4n) is 3.90. The molecule has 1 fully saturated rings. The van der Waals surface area contributed by atoms with Gasteiger partial charge in [-0.3, -0.25) is 14.7 Å². The molecule has 34 heavy (non-hydrogen) atoms. The zero-order valence-electron chi connectivity index (χ0n) is 19.5. The van der Waals surface area contributed by atoms with E-state index in [1.165, 1.54) is 19.2 Å². The van der Waals surface area contributed by atoms with Crippen LogP contribution >= 0.6 is 0 Å². The fraction of sp³-hybridized carbons (Fsp3) is 0.478. The second kappa shape index (κ2) is 11.4. The molecule has 1 aliphatic rings. The first kappa shape index (κ1) is 24.9. The topological polar surface area (TPSA) is 143 Å². The molecule has 1 aromatic carbocycles. The zero-order valence-corrected chi connectivity index (χ0v) is 19.5. The molecule has 184 valence electrons. The van der Waals surface area contributed by atoms with Gasteiger partial charge in [0.2, 0.25) is 0 Å². The van der Waals surface area contributed by atoms with E-state index in [1.54, 1.807) is 11.0 Å². The number of carbonyl (C=O) groups is 3. The molecule has 1 heterocycles. The Morgan fingerprint density at radius 2 is 2.03 bits per heavy atom. The molecule has 1 saturated carbocycles. The van der Waals surface area contributed by atoms with Crippen molar-refractivity contribution in [2.75, 3.05) is 32.1 Å². The number of hydrogen-bond donors (Lipinski definition) is 3. The highest BCUT2D eigenvalue weighted by Gasteiger charge is 2.31. The van der Waals surface area contributed by atoms with Crippen LogP contribution in [0.2, 0.25) is 0 Å². The van der Waals surface area contributed by atoms with Crippen molar-refractivity contribution in [2.45, 2.75) is 45.1 Å². The number of amides is 2. The van der Waals surface area contributed by atoms with Gasteiger partial charge in [-0.1, -0.05) is 0 Å². The molecule has 11 nitrogen and oxygen atoms in total. The number of nitrogens with zero attached hydrogens (tertiary/aromatic N) is 2. The van der Waals surface area contributed by atoms with Crippen LogP contribution in [0.15, 0.2) is 18.2 Å². The second-order valence-corrected chi connectivity index (χ2v) is 7.91. The summed E-state index contributed by atoms with van der Waals surface area (Å²) in [7, 11) is 1.41. The lowest BCUT2D eigenvalue weighted by molar-refractivity contribution is -0.118. The lowest BCUT2D eigenvalue weighted by Crippen LogP contribution is -2.33. The Hall–Kier alpha value is -3.76. The molecular weight excluding hydrogens is 444 g/mol. The molecule has 0 spiro atoms. The average Bonchev–Trinajstić information content (AvgIpc) is 3.47. The first-order valence-corrected chi connectivity index (χ1v) is 11.2. The quantitative estimate of drug-likeness (QED) is 0.446. The number of benzene rings is 1. The summed E-state index contributed by atoms with van der Waals surface area (Å²) in [6.45, 7) is 4.63. The first-order chi connectivity index (χ1) is 16.4. The van der Waals surface area contributed by atoms with Crippen LogP contribution in [0, 0.1) is 0 Å². The summed E-state index contributed by atoms with van der Waals surface area (Å²) in [5, 5.41) is 19.6. The van der Waals surface area contributed by atoms with Crippen molar-refractivity contribution in [1.82, 2.24) is 15.1 Å². The minimum absolute atomic E-state index is 0.0287. The molecule has 0 bridgehead atoms. The van der Waals surface area contributed by atoms with Gasteiger partial charge in [-0.25, -0.2) is 4.79 Å². The zero-order chi connectivity index (χ0) is 24.7. The highest BCUT2D eigenvalue weighted by atomic mass is 16.6. The molecule has 0 radical (unpaired) electrons. The number of carbonyl (C=O) groups excluding carboxylic acids is 3. The van der Waals surface area contributed by atoms with Crippen molar-refractivity contribution in [2.24, 2.45) is 0 Å². The van der Waals surface area contributed by atoms with Gasteiger partial charge in [-0.2, -0.15) is 5.10 Å². The van der Waals surface area contributed by atoms with Gasteiger partial charge in [0.15, 0.2) is 18.7 Å². The number of aldehydes is 1. The van der Waals surface area contributed by atoms with Gasteiger partial charge in [0.25, 0.3) is 5.91 Å². The number of methoxy groups -OCH3 is 1. The summed E-state index contributed by atoms with van der Waals surface area (Å²) in [5.41, 5.74) is 0.770. The fourth-order valence-corrected chi connectivity index (χ4v) is 3.90. The van der Waals surface area contributed by atoms with Crippen molar-refractivity contribution < 1.29 is 33.7 Å². The van der Waals surface area contributed by atoms with E-state index in [-0.39, 0.29) is 40.9 Å². The number of phenolic OH excluding ortho intramolecular Hbond substituents is 1. The van der Waals surface area contributed by atoms with Crippen molar-refractivity contribution in [3.05, 3.63) is 29.5 Å². The van der Waals surface area contributed by atoms with Gasteiger partial charge in [-0.05, 0) is 33.1 Å². The summed E-state index contributed by atoms with van der Waals surface area (Å²) in [6, 6.07) is 4.43. The van der Waals surface area contributed by atoms with E-state index in [0.717, 1.165) is 18.5 Å². The molecule has 3 rings (SSSR count). The highest BCUT2D eigenvalue weighted by molar-refractivity contribution is 5.91. The Morgan fingerprint density at radius 1 is 1.26 bits per heavy atom. The molecule has 2 amide bonds. The van der Waals surface area contributed by atoms with Crippen molar-refractivity contribution in [1.29, 1.82) is 0 Å². The molecule has 2 atom stereocenters. The number of anilines is 1. The Kier molecular flexibility index (Phi) is 8.34. The third kappa shape index (κ3) is 5.97. The number of ether oxygens (including phenoxy) is 3. The van der Waals surface area contributed by atoms with E-state index in [4.69, 9.17) is 14.2 Å². The number of nitrogens with one attached hydrogen (secondary N) is 2. The number of H-pyrrole nitrogens is 1. The molecule has 11 heteroatoms. The van der Waals surface area contributed by atoms with Crippen LogP contribution in [0.5, 0.6) is 17.2 Å². The SMILES string of the molecule is CCN(CC)C(=O)O[C@@H]1CC[C@H](c2cc(NC(=O)COc3cc(OC)cc(O)c3C=O)n[nH]2)C1. The summed E-state index contributed by atoms with van der Waals surface area (Å²) in [5.74, 6) is -0.0156. The Morgan fingerprint density at radius 3 is 2.71 bits per heavy atom. The van der Waals surface area contributed by atoms with Crippen LogP contribution in [0.1, 0.15) is 55.1 Å². The molecule has 2 aromatic rings. The molecule has 0 saturated heterocycles. The van der Waals surface area contributed by atoms with Gasteiger partial charge in [0.1, 0.15) is 23.4 Å². The number of aromatic hydroxyl groups is 1. The maximum Gasteiger partial charge on any atom is 0.410 e. The van der Waals surface area contributed by atoms with Gasteiger partial charge in [0, 0.05) is 42.9 Å². The molecule has 1 aromatic heterocycles.